The zero-order chi connectivity index (χ0) is 31.9. The Labute approximate surface area is 255 Å². The van der Waals surface area contributed by atoms with Gasteiger partial charge in [-0.2, -0.15) is 4.57 Å². The normalized spacial score (nSPS) is 11.9. The van der Waals surface area contributed by atoms with Crippen molar-refractivity contribution in [2.24, 2.45) is 5.14 Å². The van der Waals surface area contributed by atoms with Crippen LogP contribution in [-0.4, -0.2) is 32.6 Å². The van der Waals surface area contributed by atoms with Gasteiger partial charge in [-0.15, -0.1) is 21.6 Å². The van der Waals surface area contributed by atoms with Crippen LogP contribution in [0.5, 0.6) is 5.75 Å². The van der Waals surface area contributed by atoms with Crippen LogP contribution in [0.15, 0.2) is 65.0 Å². The second-order valence-electron chi connectivity index (χ2n) is 9.96. The number of carbonyl (C=O) groups excluding carboxylic acids is 1. The lowest BCUT2D eigenvalue weighted by molar-refractivity contribution is -2.00. The number of primary sulfonamides is 1. The van der Waals surface area contributed by atoms with Gasteiger partial charge in [0, 0.05) is 24.0 Å². The Morgan fingerprint density at radius 3 is 2.05 bits per heavy atom. The van der Waals surface area contributed by atoms with E-state index in [1.54, 1.807) is 18.2 Å². The molecule has 15 heteroatoms. The zero-order valence-corrected chi connectivity index (χ0v) is 26.3. The van der Waals surface area contributed by atoms with E-state index in [1.807, 2.05) is 18.2 Å². The number of rotatable bonds is 10. The molecule has 0 saturated heterocycles. The molecule has 0 atom stereocenters. The van der Waals surface area contributed by atoms with E-state index in [-0.39, 0.29) is 41.9 Å². The third-order valence-corrected chi connectivity index (χ3v) is 8.34. The van der Waals surface area contributed by atoms with Crippen molar-refractivity contribution in [2.45, 2.75) is 50.4 Å². The van der Waals surface area contributed by atoms with Gasteiger partial charge in [0.1, 0.15) is 19.0 Å². The summed E-state index contributed by atoms with van der Waals surface area (Å²) >= 11 is 0.978. The highest BCUT2D eigenvalue weighted by atomic mass is 35.7. The second kappa shape index (κ2) is 14.5. The Morgan fingerprint density at radius 1 is 0.930 bits per heavy atom. The quantitative estimate of drug-likeness (QED) is 0.138. The Kier molecular flexibility index (Phi) is 11.6. The summed E-state index contributed by atoms with van der Waals surface area (Å²) in [6, 6.07) is 19.6. The topological polar surface area (TPSA) is 205 Å². The fraction of sp³-hybridized carbons (Fsp3) is 0.321. The number of fused-ring (bicyclic) bond motifs is 1. The van der Waals surface area contributed by atoms with Crippen molar-refractivity contribution in [3.8, 4) is 16.9 Å². The number of benzene rings is 2. The average Bonchev–Trinajstić information content (AvgIpc) is 3.35. The van der Waals surface area contributed by atoms with Crippen LogP contribution in [0.1, 0.15) is 50.9 Å². The molecule has 0 unspecified atom stereocenters. The first-order valence-corrected chi connectivity index (χ1v) is 16.6. The number of halogens is 1. The summed E-state index contributed by atoms with van der Waals surface area (Å²) in [5.74, 6) is 0.603. The van der Waals surface area contributed by atoms with E-state index in [0.29, 0.717) is 16.0 Å². The number of aromatic nitrogens is 2. The van der Waals surface area contributed by atoms with Crippen LogP contribution in [-0.2, 0) is 26.1 Å². The summed E-state index contributed by atoms with van der Waals surface area (Å²) in [6.07, 6.45) is 0. The third-order valence-electron chi connectivity index (χ3n) is 6.01. The molecule has 0 saturated carbocycles. The van der Waals surface area contributed by atoms with Crippen LogP contribution >= 0.6 is 11.3 Å². The van der Waals surface area contributed by atoms with Crippen LogP contribution in [0.2, 0.25) is 0 Å². The minimum Gasteiger partial charge on any atom is -0.490 e. The third kappa shape index (κ3) is 10.5. The van der Waals surface area contributed by atoms with E-state index < -0.39 is 20.3 Å². The molecule has 0 fully saturated rings. The van der Waals surface area contributed by atoms with Gasteiger partial charge in [-0.25, -0.2) is 42.0 Å². The lowest BCUT2D eigenvalue weighted by Crippen LogP contribution is -2.68. The number of sulfonamides is 1. The second-order valence-corrected chi connectivity index (χ2v) is 13.5. The zero-order valence-electron chi connectivity index (χ0n) is 23.9. The van der Waals surface area contributed by atoms with E-state index in [1.165, 1.54) is 0 Å². The molecule has 0 radical (unpaired) electrons. The number of ether oxygens (including phenoxy) is 2. The summed E-state index contributed by atoms with van der Waals surface area (Å²) in [5.41, 5.74) is 4.93. The molecule has 2 N–H and O–H groups in total. The number of nitrogens with two attached hydrogens (primary N) is 1. The first-order valence-electron chi connectivity index (χ1n) is 13.0. The van der Waals surface area contributed by atoms with Crippen LogP contribution in [0, 0.1) is 10.2 Å². The van der Waals surface area contributed by atoms with Gasteiger partial charge in [0.2, 0.25) is 10.9 Å². The predicted octanol–water partition coefficient (Wildman–Crippen LogP) is 0.0112. The maximum atomic E-state index is 12.8. The Morgan fingerprint density at radius 2 is 1.51 bits per heavy atom. The highest BCUT2D eigenvalue weighted by Crippen LogP contribution is 2.28. The summed E-state index contributed by atoms with van der Waals surface area (Å²) in [4.78, 5) is 16.9. The van der Waals surface area contributed by atoms with Crippen LogP contribution in [0.4, 0.5) is 0 Å². The van der Waals surface area contributed by atoms with E-state index in [0.717, 1.165) is 33.9 Å². The lowest BCUT2D eigenvalue weighted by atomic mass is 9.97. The summed E-state index contributed by atoms with van der Waals surface area (Å²) in [7, 11) is -8.81. The fourth-order valence-electron chi connectivity index (χ4n) is 4.19. The number of hydrogen-bond donors (Lipinski definition) is 1. The molecular weight excluding hydrogens is 622 g/mol. The van der Waals surface area contributed by atoms with Crippen molar-refractivity contribution in [1.29, 1.82) is 0 Å². The first-order chi connectivity index (χ1) is 20.0. The van der Waals surface area contributed by atoms with E-state index in [2.05, 4.69) is 61.5 Å². The van der Waals surface area contributed by atoms with Gasteiger partial charge in [-0.3, -0.25) is 0 Å². The largest absolute Gasteiger partial charge is 0.490 e. The highest BCUT2D eigenvalue weighted by molar-refractivity contribution is 7.91. The van der Waals surface area contributed by atoms with Gasteiger partial charge in [0.05, 0.1) is 10.2 Å². The van der Waals surface area contributed by atoms with Crippen molar-refractivity contribution in [1.82, 2.24) is 4.98 Å². The van der Waals surface area contributed by atoms with Gasteiger partial charge in [-0.1, -0.05) is 58.0 Å². The minimum atomic E-state index is -4.94. The molecule has 0 aliphatic rings. The molecule has 0 aliphatic carbocycles. The van der Waals surface area contributed by atoms with Crippen LogP contribution < -0.4 is 33.1 Å². The molecule has 2 aromatic heterocycles. The number of carbonyl (C=O) groups is 1. The number of pyridine rings is 1. The summed E-state index contributed by atoms with van der Waals surface area (Å²) in [6.45, 7) is 8.83. The fourth-order valence-corrected chi connectivity index (χ4v) is 5.87. The van der Waals surface area contributed by atoms with Crippen molar-refractivity contribution in [2.75, 3.05) is 13.2 Å². The SMILES string of the molecule is CC(C)c1cc(-c2ccccc2)cc(C(C)C)[n+]1CC(=O)OCCOc1ccc2nc(S(N)(=O)=O)sc2c1.[O-][Cl+3]([O-])([O-])[O-]. The Balaban J connectivity index is 0.000000934. The molecule has 0 bridgehead atoms. The van der Waals surface area contributed by atoms with Crippen molar-refractivity contribution >= 4 is 37.5 Å². The van der Waals surface area contributed by atoms with Gasteiger partial charge < -0.3 is 9.47 Å². The highest BCUT2D eigenvalue weighted by Gasteiger charge is 2.26. The molecule has 0 amide bonds. The van der Waals surface area contributed by atoms with Crippen molar-refractivity contribution < 1.29 is 56.1 Å². The van der Waals surface area contributed by atoms with Crippen molar-refractivity contribution in [3.63, 3.8) is 0 Å². The lowest BCUT2D eigenvalue weighted by Gasteiger charge is -2.17. The Hall–Kier alpha value is -3.21. The average molecular weight is 654 g/mol. The molecule has 2 heterocycles. The van der Waals surface area contributed by atoms with E-state index >= 15 is 0 Å². The standard InChI is InChI=1S/C28H32N3O5S2.ClHO4/c1-18(2)24-14-21(20-8-6-5-7-9-20)15-25(19(3)4)31(24)17-27(32)36-13-12-35-22-10-11-23-26(16-22)37-28(30-23)38(29,33)34;2-1(3,4)5/h5-11,14-16,18-19H,12-13,17H2,1-4H3,(H2,29,33,34);(H,2,3,4,5)/q+1;/p-1. The molecule has 0 aliphatic heterocycles. The molecule has 12 nitrogen and oxygen atoms in total. The molecule has 43 heavy (non-hydrogen) atoms. The molecule has 0 spiro atoms. The van der Waals surface area contributed by atoms with Gasteiger partial charge in [0.15, 0.2) is 11.4 Å². The van der Waals surface area contributed by atoms with Gasteiger partial charge in [-0.05, 0) is 29.3 Å². The van der Waals surface area contributed by atoms with Crippen LogP contribution in [0.3, 0.4) is 0 Å². The smallest absolute Gasteiger partial charge is 0.372 e. The Bertz CT molecular complexity index is 1620. The van der Waals surface area contributed by atoms with E-state index in [4.69, 9.17) is 33.2 Å². The summed E-state index contributed by atoms with van der Waals surface area (Å²) < 4.78 is 70.8. The first kappa shape index (κ1) is 34.3. The number of nitrogens with zero attached hydrogens (tertiary/aromatic N) is 2. The predicted molar refractivity (Wildman–Crippen MR) is 148 cm³/mol. The number of thiazole rings is 1. The monoisotopic (exact) mass is 653 g/mol. The minimum absolute atomic E-state index is 0.0820. The molecule has 232 valence electrons. The number of hydrogen-bond acceptors (Lipinski definition) is 11. The molecule has 4 aromatic rings. The van der Waals surface area contributed by atoms with E-state index in [9.17, 15) is 13.2 Å². The molecule has 2 aromatic carbocycles. The van der Waals surface area contributed by atoms with Gasteiger partial charge in [0.25, 0.3) is 10.0 Å². The summed E-state index contributed by atoms with van der Waals surface area (Å²) in [5, 5.41) is 5.16. The van der Waals surface area contributed by atoms with Crippen LogP contribution in [0.25, 0.3) is 21.3 Å². The number of esters is 1. The van der Waals surface area contributed by atoms with Gasteiger partial charge >= 0.3 is 5.97 Å². The molecular formula is C28H32ClN3O9S2. The maximum Gasteiger partial charge on any atom is 0.372 e. The van der Waals surface area contributed by atoms with Crippen molar-refractivity contribution in [3.05, 3.63) is 72.1 Å². The maximum absolute atomic E-state index is 12.8. The molecule has 4 rings (SSSR count).